The molecular weight excluding hydrogens is 377 g/mol. The molecule has 0 radical (unpaired) electrons. The summed E-state index contributed by atoms with van der Waals surface area (Å²) in [5, 5.41) is 10.9. The summed E-state index contributed by atoms with van der Waals surface area (Å²) in [6.07, 6.45) is 1.69. The Morgan fingerprint density at radius 3 is 2.75 bits per heavy atom. The van der Waals surface area contributed by atoms with Gasteiger partial charge in [-0.05, 0) is 40.0 Å². The number of halogens is 1. The molecule has 6 nitrogen and oxygen atoms in total. The first-order valence-corrected chi connectivity index (χ1v) is 7.75. The molecule has 0 aromatic rings. The van der Waals surface area contributed by atoms with Crippen LogP contribution in [0, 0.1) is 5.92 Å². The highest BCUT2D eigenvalue weighted by molar-refractivity contribution is 14.1. The average molecular weight is 401 g/mol. The fourth-order valence-electron chi connectivity index (χ4n) is 2.24. The number of amides is 1. The molecule has 0 aliphatic carbocycles. The molecule has 2 atom stereocenters. The molecule has 7 heteroatoms. The minimum atomic E-state index is -0.721. The lowest BCUT2D eigenvalue weighted by Crippen LogP contribution is -2.47. The van der Waals surface area contributed by atoms with Crippen LogP contribution in [-0.4, -0.2) is 47.8 Å². The summed E-state index contributed by atoms with van der Waals surface area (Å²) in [4.78, 5) is 12.0. The first-order valence-electron chi connectivity index (χ1n) is 6.87. The summed E-state index contributed by atoms with van der Waals surface area (Å²) in [6.45, 7) is 7.06. The third-order valence-electron chi connectivity index (χ3n) is 3.13. The van der Waals surface area contributed by atoms with Crippen molar-refractivity contribution in [2.45, 2.75) is 51.7 Å². The second-order valence-electron chi connectivity index (χ2n) is 5.97. The summed E-state index contributed by atoms with van der Waals surface area (Å²) >= 11 is 1.81. The molecule has 0 aromatic carbocycles. The smallest absolute Gasteiger partial charge is 0.434 e. The molecular formula is C13H24INO5. The fraction of sp³-hybridized carbons (Fsp3) is 0.923. The number of nitrogens with zero attached hydrogens (tertiary/aromatic N) is 1. The van der Waals surface area contributed by atoms with E-state index in [-0.39, 0.29) is 12.0 Å². The highest BCUT2D eigenvalue weighted by atomic mass is 127. The normalized spacial score (nSPS) is 21.4. The Labute approximate surface area is 134 Å². The molecule has 1 amide bonds. The molecule has 0 bridgehead atoms. The second kappa shape index (κ2) is 8.35. The zero-order chi connectivity index (χ0) is 15.2. The summed E-state index contributed by atoms with van der Waals surface area (Å²) in [5.41, 5.74) is -0.633. The molecule has 1 fully saturated rings. The summed E-state index contributed by atoms with van der Waals surface area (Å²) in [7, 11) is 0. The number of hydrogen-bond donors (Lipinski definition) is 1. The number of hydroxylamine groups is 2. The molecule has 1 heterocycles. The van der Waals surface area contributed by atoms with Gasteiger partial charge in [-0.15, -0.1) is 0 Å². The minimum absolute atomic E-state index is 0.104. The van der Waals surface area contributed by atoms with E-state index in [2.05, 4.69) is 0 Å². The minimum Gasteiger partial charge on any atom is -0.442 e. The number of hydrogen-bond acceptors (Lipinski definition) is 5. The van der Waals surface area contributed by atoms with Crippen LogP contribution in [0.4, 0.5) is 4.79 Å². The predicted octanol–water partition coefficient (Wildman–Crippen LogP) is 3.16. The van der Waals surface area contributed by atoms with E-state index in [9.17, 15) is 10.0 Å². The van der Waals surface area contributed by atoms with E-state index in [0.29, 0.717) is 24.7 Å². The van der Waals surface area contributed by atoms with Gasteiger partial charge in [-0.25, -0.2) is 4.79 Å². The molecule has 1 N–H and O–H groups in total. The van der Waals surface area contributed by atoms with E-state index in [1.165, 1.54) is 0 Å². The maximum atomic E-state index is 12.0. The quantitative estimate of drug-likeness (QED) is 0.436. The van der Waals surface area contributed by atoms with Crippen LogP contribution in [0.25, 0.3) is 0 Å². The summed E-state index contributed by atoms with van der Waals surface area (Å²) in [6, 6.07) is -0.347. The molecule has 0 spiro atoms. The Bertz CT molecular complexity index is 302. The Hall–Kier alpha value is -0.120. The van der Waals surface area contributed by atoms with Gasteiger partial charge in [0.1, 0.15) is 28.6 Å². The van der Waals surface area contributed by atoms with Crippen molar-refractivity contribution in [3.8, 4) is 0 Å². The lowest BCUT2D eigenvalue weighted by atomic mass is 9.91. The summed E-state index contributed by atoms with van der Waals surface area (Å²) < 4.78 is 15.7. The highest BCUT2D eigenvalue weighted by Crippen LogP contribution is 2.24. The van der Waals surface area contributed by atoms with Crippen LogP contribution in [-0.2, 0) is 12.5 Å². The molecule has 1 aliphatic heterocycles. The van der Waals surface area contributed by atoms with Crippen molar-refractivity contribution in [3.05, 3.63) is 0 Å². The first kappa shape index (κ1) is 17.9. The van der Waals surface area contributed by atoms with Gasteiger partial charge in [-0.1, -0.05) is 0 Å². The Morgan fingerprint density at radius 1 is 1.55 bits per heavy atom. The first-order chi connectivity index (χ1) is 9.35. The van der Waals surface area contributed by atoms with Gasteiger partial charge in [-0.2, -0.15) is 5.06 Å². The average Bonchev–Trinajstić information content (AvgIpc) is 2.38. The molecule has 20 heavy (non-hydrogen) atoms. The van der Waals surface area contributed by atoms with Gasteiger partial charge in [0.25, 0.3) is 0 Å². The van der Waals surface area contributed by atoms with E-state index in [0.717, 1.165) is 19.4 Å². The Morgan fingerprint density at radius 2 is 2.25 bits per heavy atom. The van der Waals surface area contributed by atoms with Crippen LogP contribution < -0.4 is 0 Å². The standard InChI is InChI=1S/C13H24INO5/c1-13(2,3)20-12(16)15(17)11(6-8-19-14)10-5-4-7-18-9-10/h10-11,17H,4-9H2,1-3H3. The highest BCUT2D eigenvalue weighted by Gasteiger charge is 2.33. The molecule has 2 unspecified atom stereocenters. The van der Waals surface area contributed by atoms with Gasteiger partial charge in [0.05, 0.1) is 19.3 Å². The van der Waals surface area contributed by atoms with Gasteiger partial charge in [0, 0.05) is 12.5 Å². The van der Waals surface area contributed by atoms with Crippen molar-refractivity contribution in [3.63, 3.8) is 0 Å². The number of rotatable bonds is 5. The van der Waals surface area contributed by atoms with Gasteiger partial charge in [0.15, 0.2) is 0 Å². The number of carbonyl (C=O) groups is 1. The number of ether oxygens (including phenoxy) is 2. The van der Waals surface area contributed by atoms with Gasteiger partial charge in [-0.3, -0.25) is 5.21 Å². The maximum Gasteiger partial charge on any atom is 0.434 e. The SMILES string of the molecule is CC(C)(C)OC(=O)N(O)C(CCOI)C1CCCOC1. The van der Waals surface area contributed by atoms with Crippen molar-refractivity contribution < 1.29 is 22.5 Å². The lowest BCUT2D eigenvalue weighted by Gasteiger charge is -2.35. The Balaban J connectivity index is 2.67. The molecule has 0 saturated carbocycles. The van der Waals surface area contributed by atoms with E-state index in [4.69, 9.17) is 12.5 Å². The third kappa shape index (κ3) is 6.11. The van der Waals surface area contributed by atoms with E-state index >= 15 is 0 Å². The van der Waals surface area contributed by atoms with Crippen LogP contribution in [0.5, 0.6) is 0 Å². The largest absolute Gasteiger partial charge is 0.442 e. The van der Waals surface area contributed by atoms with Crippen molar-refractivity contribution in [1.82, 2.24) is 5.06 Å². The molecule has 1 aliphatic rings. The van der Waals surface area contributed by atoms with Crippen LogP contribution in [0.2, 0.25) is 0 Å². The molecule has 1 rings (SSSR count). The fourth-order valence-corrected chi connectivity index (χ4v) is 2.49. The van der Waals surface area contributed by atoms with E-state index in [1.807, 2.05) is 0 Å². The maximum absolute atomic E-state index is 12.0. The van der Waals surface area contributed by atoms with Gasteiger partial charge < -0.3 is 12.5 Å². The Kier molecular flexibility index (Phi) is 7.49. The zero-order valence-corrected chi connectivity index (χ0v) is 14.5. The summed E-state index contributed by atoms with van der Waals surface area (Å²) in [5.74, 6) is 0.104. The van der Waals surface area contributed by atoms with E-state index < -0.39 is 11.7 Å². The number of carbonyl (C=O) groups excluding carboxylic acids is 1. The molecule has 0 aromatic heterocycles. The van der Waals surface area contributed by atoms with Gasteiger partial charge >= 0.3 is 6.09 Å². The lowest BCUT2D eigenvalue weighted by molar-refractivity contribution is -0.145. The van der Waals surface area contributed by atoms with E-state index in [1.54, 1.807) is 43.8 Å². The predicted molar refractivity (Wildman–Crippen MR) is 81.8 cm³/mol. The van der Waals surface area contributed by atoms with Crippen molar-refractivity contribution in [2.24, 2.45) is 5.92 Å². The van der Waals surface area contributed by atoms with Crippen molar-refractivity contribution in [1.29, 1.82) is 0 Å². The topological polar surface area (TPSA) is 68.2 Å². The molecule has 1 saturated heterocycles. The van der Waals surface area contributed by atoms with Crippen molar-refractivity contribution in [2.75, 3.05) is 19.8 Å². The van der Waals surface area contributed by atoms with Crippen LogP contribution in [0.1, 0.15) is 40.0 Å². The van der Waals surface area contributed by atoms with Crippen LogP contribution in [0.15, 0.2) is 0 Å². The third-order valence-corrected chi connectivity index (χ3v) is 3.57. The van der Waals surface area contributed by atoms with Crippen LogP contribution in [0.3, 0.4) is 0 Å². The zero-order valence-electron chi connectivity index (χ0n) is 12.3. The molecule has 118 valence electrons. The van der Waals surface area contributed by atoms with Crippen molar-refractivity contribution >= 4 is 29.1 Å². The van der Waals surface area contributed by atoms with Gasteiger partial charge in [0.2, 0.25) is 0 Å². The van der Waals surface area contributed by atoms with Crippen LogP contribution >= 0.6 is 23.0 Å². The monoisotopic (exact) mass is 401 g/mol. The second-order valence-corrected chi connectivity index (χ2v) is 6.59.